The van der Waals surface area contributed by atoms with Crippen LogP contribution in [0.5, 0.6) is 11.5 Å². The molecule has 0 unspecified atom stereocenters. The van der Waals surface area contributed by atoms with E-state index in [1.165, 1.54) is 12.1 Å². The molecule has 1 aliphatic heterocycles. The lowest BCUT2D eigenvalue weighted by Gasteiger charge is -2.43. The van der Waals surface area contributed by atoms with Crippen LogP contribution in [0, 0.1) is 0 Å². The predicted molar refractivity (Wildman–Crippen MR) is 92.4 cm³/mol. The van der Waals surface area contributed by atoms with Gasteiger partial charge in [-0.1, -0.05) is 30.3 Å². The first kappa shape index (κ1) is 19.3. The molecule has 8 heteroatoms. The van der Waals surface area contributed by atoms with E-state index in [0.717, 1.165) is 12.1 Å². The fraction of sp³-hybridized carbons (Fsp3) is 0.316. The van der Waals surface area contributed by atoms with Crippen LogP contribution < -0.4 is 0 Å². The highest BCUT2D eigenvalue weighted by Crippen LogP contribution is 2.40. The molecule has 27 heavy (non-hydrogen) atoms. The normalized spacial score (nSPS) is 28.1. The predicted octanol–water partition coefficient (Wildman–Crippen LogP) is -0.371. The number of phenolic OH excluding ortho intramolecular Hbond substituents is 2. The van der Waals surface area contributed by atoms with Crippen LogP contribution in [0.2, 0.25) is 0 Å². The molecule has 0 spiro atoms. The van der Waals surface area contributed by atoms with Gasteiger partial charge in [-0.05, 0) is 6.07 Å². The van der Waals surface area contributed by atoms with Gasteiger partial charge in [-0.15, -0.1) is 0 Å². The van der Waals surface area contributed by atoms with Gasteiger partial charge in [0, 0.05) is 17.2 Å². The van der Waals surface area contributed by atoms with Crippen LogP contribution >= 0.6 is 0 Å². The number of rotatable bonds is 4. The largest absolute Gasteiger partial charge is 0.508 e. The summed E-state index contributed by atoms with van der Waals surface area (Å²) < 4.78 is 5.22. The van der Waals surface area contributed by atoms with Crippen molar-refractivity contribution in [3.63, 3.8) is 0 Å². The molecule has 1 heterocycles. The minimum atomic E-state index is -2.30. The molecular weight excluding hydrogens is 356 g/mol. The summed E-state index contributed by atoms with van der Waals surface area (Å²) in [4.78, 5) is 12.9. The molecule has 0 bridgehead atoms. The number of ketones is 1. The number of aliphatic hydroxyl groups excluding tert-OH is 3. The first-order chi connectivity index (χ1) is 12.8. The van der Waals surface area contributed by atoms with Gasteiger partial charge in [0.1, 0.15) is 35.4 Å². The van der Waals surface area contributed by atoms with E-state index in [4.69, 9.17) is 4.74 Å². The van der Waals surface area contributed by atoms with Crippen LogP contribution in [0.3, 0.4) is 0 Å². The van der Waals surface area contributed by atoms with Gasteiger partial charge in [-0.2, -0.15) is 0 Å². The standard InChI is InChI=1S/C19H20O8/c20-8-14-17(24)18(25)19(26,9-27-14)12-6-11(21)7-13(22)15(12)16(23)10-4-2-1-3-5-10/h1-7,14,17-18,20-22,24-26H,8-9H2/t14-,17-,18+,19+/m1/s1. The quantitative estimate of drug-likeness (QED) is 0.396. The van der Waals surface area contributed by atoms with Gasteiger partial charge in [-0.25, -0.2) is 0 Å². The van der Waals surface area contributed by atoms with E-state index in [0.29, 0.717) is 0 Å². The maximum atomic E-state index is 12.9. The third-order valence-corrected chi connectivity index (χ3v) is 4.72. The Labute approximate surface area is 154 Å². The number of hydrogen-bond acceptors (Lipinski definition) is 8. The first-order valence-corrected chi connectivity index (χ1v) is 8.26. The van der Waals surface area contributed by atoms with Crippen molar-refractivity contribution in [3.8, 4) is 11.5 Å². The van der Waals surface area contributed by atoms with E-state index in [1.807, 2.05) is 0 Å². The maximum Gasteiger partial charge on any atom is 0.197 e. The molecule has 0 aromatic heterocycles. The van der Waals surface area contributed by atoms with Gasteiger partial charge in [-0.3, -0.25) is 4.79 Å². The summed E-state index contributed by atoms with van der Waals surface area (Å²) in [5.74, 6) is -1.70. The molecular formula is C19H20O8. The Morgan fingerprint density at radius 1 is 1.15 bits per heavy atom. The number of benzene rings is 2. The fourth-order valence-corrected chi connectivity index (χ4v) is 3.23. The van der Waals surface area contributed by atoms with E-state index in [9.17, 15) is 35.4 Å². The molecule has 1 saturated heterocycles. The summed E-state index contributed by atoms with van der Waals surface area (Å²) in [7, 11) is 0. The van der Waals surface area contributed by atoms with Crippen molar-refractivity contribution in [1.82, 2.24) is 0 Å². The molecule has 0 amide bonds. The molecule has 0 saturated carbocycles. The number of ether oxygens (including phenoxy) is 1. The fourth-order valence-electron chi connectivity index (χ4n) is 3.23. The highest BCUT2D eigenvalue weighted by molar-refractivity contribution is 6.12. The van der Waals surface area contributed by atoms with Crippen LogP contribution in [0.25, 0.3) is 0 Å². The molecule has 4 atom stereocenters. The second kappa shape index (κ2) is 7.26. The summed E-state index contributed by atoms with van der Waals surface area (Å²) in [6.45, 7) is -1.16. The molecule has 8 nitrogen and oxygen atoms in total. The SMILES string of the molecule is O=C(c1ccccc1)c1c(O)cc(O)cc1[C@@]1(O)CO[C@H](CO)[C@@H](O)[C@@H]1O. The van der Waals surface area contributed by atoms with Gasteiger partial charge in [0.25, 0.3) is 0 Å². The number of phenols is 2. The third kappa shape index (κ3) is 3.29. The summed E-state index contributed by atoms with van der Waals surface area (Å²) in [6.07, 6.45) is -4.62. The Morgan fingerprint density at radius 2 is 1.81 bits per heavy atom. The van der Waals surface area contributed by atoms with Crippen molar-refractivity contribution < 1.29 is 40.2 Å². The molecule has 6 N–H and O–H groups in total. The van der Waals surface area contributed by atoms with Crippen LogP contribution in [0.4, 0.5) is 0 Å². The number of carbonyl (C=O) groups is 1. The highest BCUT2D eigenvalue weighted by atomic mass is 16.5. The van der Waals surface area contributed by atoms with Crippen molar-refractivity contribution in [3.05, 3.63) is 59.2 Å². The van der Waals surface area contributed by atoms with Crippen LogP contribution in [-0.2, 0) is 10.3 Å². The lowest BCUT2D eigenvalue weighted by atomic mass is 9.78. The monoisotopic (exact) mass is 376 g/mol. The zero-order valence-corrected chi connectivity index (χ0v) is 14.2. The molecule has 3 rings (SSSR count). The molecule has 1 aliphatic rings. The molecule has 2 aromatic carbocycles. The molecule has 0 aliphatic carbocycles. The Morgan fingerprint density at radius 3 is 2.44 bits per heavy atom. The minimum absolute atomic E-state index is 0.211. The molecule has 0 radical (unpaired) electrons. The smallest absolute Gasteiger partial charge is 0.197 e. The maximum absolute atomic E-state index is 12.9. The van der Waals surface area contributed by atoms with E-state index in [1.54, 1.807) is 18.2 Å². The van der Waals surface area contributed by atoms with Gasteiger partial charge >= 0.3 is 0 Å². The van der Waals surface area contributed by atoms with Gasteiger partial charge < -0.3 is 35.4 Å². The van der Waals surface area contributed by atoms with Crippen molar-refractivity contribution >= 4 is 5.78 Å². The van der Waals surface area contributed by atoms with Gasteiger partial charge in [0.2, 0.25) is 0 Å². The van der Waals surface area contributed by atoms with E-state index in [2.05, 4.69) is 0 Å². The van der Waals surface area contributed by atoms with Crippen LogP contribution in [0.15, 0.2) is 42.5 Å². The zero-order chi connectivity index (χ0) is 19.8. The average molecular weight is 376 g/mol. The van der Waals surface area contributed by atoms with Crippen molar-refractivity contribution in [2.24, 2.45) is 0 Å². The third-order valence-electron chi connectivity index (χ3n) is 4.72. The minimum Gasteiger partial charge on any atom is -0.508 e. The highest BCUT2D eigenvalue weighted by Gasteiger charge is 2.51. The lowest BCUT2D eigenvalue weighted by molar-refractivity contribution is -0.245. The zero-order valence-electron chi connectivity index (χ0n) is 14.2. The number of hydrogen-bond donors (Lipinski definition) is 6. The van der Waals surface area contributed by atoms with Crippen molar-refractivity contribution in [2.45, 2.75) is 23.9 Å². The number of aromatic hydroxyl groups is 2. The van der Waals surface area contributed by atoms with Gasteiger partial charge in [0.05, 0.1) is 18.8 Å². The second-order valence-corrected chi connectivity index (χ2v) is 6.47. The molecule has 1 fully saturated rings. The van der Waals surface area contributed by atoms with E-state index in [-0.39, 0.29) is 16.7 Å². The average Bonchev–Trinajstić information content (AvgIpc) is 2.66. The molecule has 2 aromatic rings. The summed E-state index contributed by atoms with van der Waals surface area (Å²) in [6, 6.07) is 9.91. The topological polar surface area (TPSA) is 148 Å². The van der Waals surface area contributed by atoms with Crippen molar-refractivity contribution in [1.29, 1.82) is 0 Å². The Kier molecular flexibility index (Phi) is 5.18. The molecule has 144 valence electrons. The Hall–Kier alpha value is -2.49. The Balaban J connectivity index is 2.14. The van der Waals surface area contributed by atoms with Crippen LogP contribution in [0.1, 0.15) is 21.5 Å². The summed E-state index contributed by atoms with van der Waals surface area (Å²) in [5, 5.41) is 60.9. The second-order valence-electron chi connectivity index (χ2n) is 6.47. The van der Waals surface area contributed by atoms with Crippen molar-refractivity contribution in [2.75, 3.05) is 13.2 Å². The summed E-state index contributed by atoms with van der Waals surface area (Å²) >= 11 is 0. The van der Waals surface area contributed by atoms with E-state index < -0.39 is 54.4 Å². The summed E-state index contributed by atoms with van der Waals surface area (Å²) in [5.41, 5.74) is -2.72. The lowest BCUT2D eigenvalue weighted by Crippen LogP contribution is -2.60. The number of carbonyl (C=O) groups excluding carboxylic acids is 1. The number of aliphatic hydroxyl groups is 4. The van der Waals surface area contributed by atoms with Crippen LogP contribution in [-0.4, -0.2) is 67.9 Å². The van der Waals surface area contributed by atoms with E-state index >= 15 is 0 Å². The van der Waals surface area contributed by atoms with Gasteiger partial charge in [0.15, 0.2) is 5.78 Å². The first-order valence-electron chi connectivity index (χ1n) is 8.26. The Bertz CT molecular complexity index is 837.